The summed E-state index contributed by atoms with van der Waals surface area (Å²) in [4.78, 5) is 31.3. The average Bonchev–Trinajstić information content (AvgIpc) is 3.62. The maximum atomic E-state index is 13.0. The van der Waals surface area contributed by atoms with E-state index in [1.165, 1.54) is 25.0 Å². The highest BCUT2D eigenvalue weighted by Gasteiger charge is 2.26. The largest absolute Gasteiger partial charge is 0.352 e. The topological polar surface area (TPSA) is 62.3 Å². The molecule has 2 aliphatic rings. The van der Waals surface area contributed by atoms with E-state index in [2.05, 4.69) is 10.3 Å². The van der Waals surface area contributed by atoms with E-state index in [4.69, 9.17) is 0 Å². The molecular formula is C24H28FN3O2. The number of rotatable bonds is 7. The number of nitrogens with zero attached hydrogens (tertiary/aromatic N) is 2. The highest BCUT2D eigenvalue weighted by Crippen LogP contribution is 2.28. The zero-order valence-corrected chi connectivity index (χ0v) is 17.1. The first kappa shape index (κ1) is 20.5. The highest BCUT2D eigenvalue weighted by molar-refractivity contribution is 5.93. The predicted octanol–water partition coefficient (Wildman–Crippen LogP) is 3.70. The molecule has 4 rings (SSSR count). The molecule has 1 aliphatic heterocycles. The Hall–Kier alpha value is -2.76. The molecule has 5 nitrogen and oxygen atoms in total. The van der Waals surface area contributed by atoms with Crippen LogP contribution in [0.1, 0.15) is 59.6 Å². The molecule has 1 saturated heterocycles. The molecule has 2 aromatic rings. The van der Waals surface area contributed by atoms with Gasteiger partial charge >= 0.3 is 0 Å². The predicted molar refractivity (Wildman–Crippen MR) is 113 cm³/mol. The van der Waals surface area contributed by atoms with Gasteiger partial charge in [-0.2, -0.15) is 0 Å². The van der Waals surface area contributed by atoms with Crippen molar-refractivity contribution in [1.29, 1.82) is 0 Å². The van der Waals surface area contributed by atoms with Crippen molar-refractivity contribution in [2.24, 2.45) is 5.92 Å². The Balaban J connectivity index is 1.29. The van der Waals surface area contributed by atoms with Gasteiger partial charge in [0.2, 0.25) is 5.91 Å². The SMILES string of the molecule is O=C(NCC1CC1)c1ccc([C@@H]2CCCN(C(=O)CCc3ccc(F)cc3)C2)nc1. The van der Waals surface area contributed by atoms with Crippen LogP contribution in [0.15, 0.2) is 42.6 Å². The number of benzene rings is 1. The standard InChI is InChI=1S/C24H28FN3O2/c25-21-9-5-17(6-10-21)7-12-23(29)28-13-1-2-20(16-28)22-11-8-19(15-26-22)24(30)27-14-18-3-4-18/h5-6,8-11,15,18,20H,1-4,7,12-14,16H2,(H,27,30)/t20-/m1/s1. The van der Waals surface area contributed by atoms with Gasteiger partial charge in [-0.1, -0.05) is 12.1 Å². The first-order valence-corrected chi connectivity index (χ1v) is 10.8. The van der Waals surface area contributed by atoms with Gasteiger partial charge in [-0.25, -0.2) is 4.39 Å². The number of carbonyl (C=O) groups excluding carboxylic acids is 2. The van der Waals surface area contributed by atoms with E-state index < -0.39 is 0 Å². The number of carbonyl (C=O) groups is 2. The molecule has 1 aliphatic carbocycles. The zero-order valence-electron chi connectivity index (χ0n) is 17.1. The first-order valence-electron chi connectivity index (χ1n) is 10.8. The maximum Gasteiger partial charge on any atom is 0.252 e. The zero-order chi connectivity index (χ0) is 20.9. The van der Waals surface area contributed by atoms with Crippen LogP contribution in [0.5, 0.6) is 0 Å². The highest BCUT2D eigenvalue weighted by atomic mass is 19.1. The molecule has 6 heteroatoms. The lowest BCUT2D eigenvalue weighted by molar-refractivity contribution is -0.132. The fraction of sp³-hybridized carbons (Fsp3) is 0.458. The fourth-order valence-corrected chi connectivity index (χ4v) is 3.95. The Bertz CT molecular complexity index is 878. The average molecular weight is 410 g/mol. The second kappa shape index (κ2) is 9.37. The Morgan fingerprint density at radius 1 is 1.10 bits per heavy atom. The number of pyridine rings is 1. The van der Waals surface area contributed by atoms with Gasteiger partial charge < -0.3 is 10.2 Å². The number of nitrogens with one attached hydrogen (secondary N) is 1. The number of piperidine rings is 1. The summed E-state index contributed by atoms with van der Waals surface area (Å²) in [6.45, 7) is 2.17. The summed E-state index contributed by atoms with van der Waals surface area (Å²) < 4.78 is 13.0. The van der Waals surface area contributed by atoms with Crippen molar-refractivity contribution in [3.05, 3.63) is 65.2 Å². The summed E-state index contributed by atoms with van der Waals surface area (Å²) in [6.07, 6.45) is 7.03. The molecule has 1 atom stereocenters. The van der Waals surface area contributed by atoms with Crippen molar-refractivity contribution < 1.29 is 14.0 Å². The van der Waals surface area contributed by atoms with E-state index in [1.54, 1.807) is 18.3 Å². The Kier molecular flexibility index (Phi) is 6.41. The summed E-state index contributed by atoms with van der Waals surface area (Å²) in [6, 6.07) is 10.1. The number of likely N-dealkylation sites (tertiary alicyclic amines) is 1. The third-order valence-electron chi connectivity index (χ3n) is 6.03. The number of hydrogen-bond donors (Lipinski definition) is 1. The van der Waals surface area contributed by atoms with Crippen molar-refractivity contribution in [3.8, 4) is 0 Å². The van der Waals surface area contributed by atoms with Crippen LogP contribution in [0.4, 0.5) is 4.39 Å². The van der Waals surface area contributed by atoms with Crippen molar-refractivity contribution in [3.63, 3.8) is 0 Å². The molecular weight excluding hydrogens is 381 g/mol. The van der Waals surface area contributed by atoms with Crippen LogP contribution < -0.4 is 5.32 Å². The normalized spacial score (nSPS) is 18.8. The van der Waals surface area contributed by atoms with Gasteiger partial charge in [-0.05, 0) is 67.9 Å². The van der Waals surface area contributed by atoms with Crippen molar-refractivity contribution >= 4 is 11.8 Å². The van der Waals surface area contributed by atoms with Crippen LogP contribution in [0.2, 0.25) is 0 Å². The number of hydrogen-bond acceptors (Lipinski definition) is 3. The molecule has 1 saturated carbocycles. The number of aryl methyl sites for hydroxylation is 1. The van der Waals surface area contributed by atoms with Gasteiger partial charge in [0.25, 0.3) is 5.91 Å². The molecule has 158 valence electrons. The third-order valence-corrected chi connectivity index (χ3v) is 6.03. The van der Waals surface area contributed by atoms with E-state index in [1.807, 2.05) is 17.0 Å². The van der Waals surface area contributed by atoms with Gasteiger partial charge in [0, 0.05) is 43.9 Å². The molecule has 30 heavy (non-hydrogen) atoms. The lowest BCUT2D eigenvalue weighted by Gasteiger charge is -2.32. The van der Waals surface area contributed by atoms with Crippen molar-refractivity contribution in [2.75, 3.05) is 19.6 Å². The molecule has 1 aromatic carbocycles. The summed E-state index contributed by atoms with van der Waals surface area (Å²) in [5, 5.41) is 2.96. The van der Waals surface area contributed by atoms with Crippen LogP contribution in [0, 0.1) is 11.7 Å². The van der Waals surface area contributed by atoms with Gasteiger partial charge in [0.1, 0.15) is 5.82 Å². The van der Waals surface area contributed by atoms with Crippen LogP contribution in [-0.2, 0) is 11.2 Å². The van der Waals surface area contributed by atoms with E-state index in [-0.39, 0.29) is 23.5 Å². The number of amides is 2. The van der Waals surface area contributed by atoms with Crippen LogP contribution in [0.3, 0.4) is 0 Å². The van der Waals surface area contributed by atoms with Crippen molar-refractivity contribution in [2.45, 2.75) is 44.4 Å². The summed E-state index contributed by atoms with van der Waals surface area (Å²) in [5.74, 6) is 0.636. The van der Waals surface area contributed by atoms with Crippen LogP contribution in [-0.4, -0.2) is 41.3 Å². The minimum atomic E-state index is -0.261. The molecule has 2 amide bonds. The molecule has 0 bridgehead atoms. The maximum absolute atomic E-state index is 13.0. The Morgan fingerprint density at radius 3 is 2.60 bits per heavy atom. The molecule has 1 aromatic heterocycles. The molecule has 1 N–H and O–H groups in total. The summed E-state index contributed by atoms with van der Waals surface area (Å²) in [7, 11) is 0. The lowest BCUT2D eigenvalue weighted by atomic mass is 9.93. The third kappa shape index (κ3) is 5.43. The fourth-order valence-electron chi connectivity index (χ4n) is 3.95. The van der Waals surface area contributed by atoms with Gasteiger partial charge in [-0.3, -0.25) is 14.6 Å². The first-order chi connectivity index (χ1) is 14.6. The minimum Gasteiger partial charge on any atom is -0.352 e. The Labute approximate surface area is 176 Å². The van der Waals surface area contributed by atoms with E-state index >= 15 is 0 Å². The second-order valence-electron chi connectivity index (χ2n) is 8.43. The number of aromatic nitrogens is 1. The molecule has 2 fully saturated rings. The van der Waals surface area contributed by atoms with Gasteiger partial charge in [-0.15, -0.1) is 0 Å². The van der Waals surface area contributed by atoms with Crippen molar-refractivity contribution in [1.82, 2.24) is 15.2 Å². The van der Waals surface area contributed by atoms with Gasteiger partial charge in [0.15, 0.2) is 0 Å². The van der Waals surface area contributed by atoms with E-state index in [9.17, 15) is 14.0 Å². The summed E-state index contributed by atoms with van der Waals surface area (Å²) in [5.41, 5.74) is 2.49. The van der Waals surface area contributed by atoms with E-state index in [0.717, 1.165) is 37.2 Å². The van der Waals surface area contributed by atoms with Gasteiger partial charge in [0.05, 0.1) is 5.56 Å². The Morgan fingerprint density at radius 2 is 1.90 bits per heavy atom. The molecule has 0 spiro atoms. The monoisotopic (exact) mass is 409 g/mol. The summed E-state index contributed by atoms with van der Waals surface area (Å²) >= 11 is 0. The molecule has 2 heterocycles. The second-order valence-corrected chi connectivity index (χ2v) is 8.43. The molecule has 0 radical (unpaired) electrons. The molecule has 0 unspecified atom stereocenters. The van der Waals surface area contributed by atoms with E-state index in [0.29, 0.717) is 30.9 Å². The minimum absolute atomic E-state index is 0.0674. The van der Waals surface area contributed by atoms with Crippen LogP contribution in [0.25, 0.3) is 0 Å². The number of halogens is 1. The quantitative estimate of drug-likeness (QED) is 0.759. The van der Waals surface area contributed by atoms with Crippen LogP contribution >= 0.6 is 0 Å². The smallest absolute Gasteiger partial charge is 0.252 e. The lowest BCUT2D eigenvalue weighted by Crippen LogP contribution is -2.39.